The molecular formula is C29H36N6O4S. The molecule has 1 unspecified atom stereocenters. The van der Waals surface area contributed by atoms with Crippen molar-refractivity contribution >= 4 is 29.5 Å². The molecule has 0 bridgehead atoms. The standard InChI is InChI=1S/C29H36N6O4S/c1-5-21-22(16-30)26(34-27(23(21)17-31)40-24(25(32)36)19-10-8-7-9-11-19)35-14-12-20(13-15-35)39-29(33,18(3)4)28(37)38-6-2/h7-11,18,20,24H,5-6,12-15,33H2,1-4H3,(H2,32,36)/t24?,29-/m0/s1. The molecule has 1 aliphatic heterocycles. The van der Waals surface area contributed by atoms with Crippen LogP contribution < -0.4 is 16.4 Å². The molecule has 0 spiro atoms. The van der Waals surface area contributed by atoms with Crippen molar-refractivity contribution in [1.82, 2.24) is 4.98 Å². The van der Waals surface area contributed by atoms with Crippen molar-refractivity contribution in [1.29, 1.82) is 10.5 Å². The van der Waals surface area contributed by atoms with E-state index in [2.05, 4.69) is 12.1 Å². The average Bonchev–Trinajstić information content (AvgIpc) is 2.95. The first-order valence-electron chi connectivity index (χ1n) is 13.4. The van der Waals surface area contributed by atoms with Gasteiger partial charge in [0.05, 0.1) is 23.8 Å². The van der Waals surface area contributed by atoms with E-state index in [1.54, 1.807) is 19.1 Å². The number of pyridine rings is 1. The SMILES string of the molecule is CCOC(=O)[C@@](N)(OC1CCN(c2nc(SC(C(N)=O)c3ccccc3)c(C#N)c(CC)c2C#N)CC1)C(C)C. The second kappa shape index (κ2) is 13.6. The highest BCUT2D eigenvalue weighted by molar-refractivity contribution is 8.00. The molecule has 2 heterocycles. The van der Waals surface area contributed by atoms with Crippen molar-refractivity contribution in [3.63, 3.8) is 0 Å². The summed E-state index contributed by atoms with van der Waals surface area (Å²) in [6.45, 7) is 8.39. The van der Waals surface area contributed by atoms with E-state index in [1.807, 2.05) is 43.9 Å². The minimum Gasteiger partial charge on any atom is -0.463 e. The fourth-order valence-corrected chi connectivity index (χ4v) is 5.71. The number of aromatic nitrogens is 1. The summed E-state index contributed by atoms with van der Waals surface area (Å²) < 4.78 is 11.3. The smallest absolute Gasteiger partial charge is 0.353 e. The molecule has 1 fully saturated rings. The van der Waals surface area contributed by atoms with Crippen molar-refractivity contribution < 1.29 is 19.1 Å². The highest BCUT2D eigenvalue weighted by atomic mass is 32.2. The van der Waals surface area contributed by atoms with Crippen LogP contribution in [0.2, 0.25) is 0 Å². The molecule has 10 nitrogen and oxygen atoms in total. The number of anilines is 1. The topological polar surface area (TPSA) is 168 Å². The van der Waals surface area contributed by atoms with Gasteiger partial charge in [0.15, 0.2) is 0 Å². The zero-order valence-corrected chi connectivity index (χ0v) is 24.2. The Morgan fingerprint density at radius 1 is 1.15 bits per heavy atom. The largest absolute Gasteiger partial charge is 0.463 e. The number of esters is 1. The summed E-state index contributed by atoms with van der Waals surface area (Å²) in [5.41, 5.74) is 12.4. The quantitative estimate of drug-likeness (QED) is 0.234. The van der Waals surface area contributed by atoms with Gasteiger partial charge in [-0.15, -0.1) is 0 Å². The second-order valence-electron chi connectivity index (χ2n) is 9.83. The zero-order chi connectivity index (χ0) is 29.4. The van der Waals surface area contributed by atoms with Crippen LogP contribution in [-0.2, 0) is 25.5 Å². The fraction of sp³-hybridized carbons (Fsp3) is 0.483. The van der Waals surface area contributed by atoms with Crippen molar-refractivity contribution in [3.05, 3.63) is 52.6 Å². The lowest BCUT2D eigenvalue weighted by Gasteiger charge is -2.39. The highest BCUT2D eigenvalue weighted by Crippen LogP contribution is 2.40. The van der Waals surface area contributed by atoms with Crippen molar-refractivity contribution in [2.45, 2.75) is 69.1 Å². The Morgan fingerprint density at radius 3 is 2.27 bits per heavy atom. The molecule has 1 aromatic heterocycles. The van der Waals surface area contributed by atoms with Crippen LogP contribution in [0.25, 0.3) is 0 Å². The Kier molecular flexibility index (Phi) is 10.5. The number of nitriles is 2. The van der Waals surface area contributed by atoms with Gasteiger partial charge in [-0.3, -0.25) is 10.5 Å². The van der Waals surface area contributed by atoms with Gasteiger partial charge in [-0.1, -0.05) is 62.9 Å². The number of amides is 1. The van der Waals surface area contributed by atoms with E-state index in [0.717, 1.165) is 11.8 Å². The maximum Gasteiger partial charge on any atom is 0.353 e. The zero-order valence-electron chi connectivity index (χ0n) is 23.3. The molecule has 0 radical (unpaired) electrons. The van der Waals surface area contributed by atoms with Crippen LogP contribution in [0.1, 0.15) is 68.0 Å². The van der Waals surface area contributed by atoms with Gasteiger partial charge < -0.3 is 20.1 Å². The average molecular weight is 565 g/mol. The van der Waals surface area contributed by atoms with E-state index in [0.29, 0.717) is 59.9 Å². The minimum absolute atomic E-state index is 0.203. The number of carbonyl (C=O) groups excluding carboxylic acids is 2. The predicted octanol–water partition coefficient (Wildman–Crippen LogP) is 3.57. The number of piperidine rings is 1. The number of benzene rings is 1. The molecule has 11 heteroatoms. The van der Waals surface area contributed by atoms with Crippen LogP contribution in [0.3, 0.4) is 0 Å². The van der Waals surface area contributed by atoms with Crippen LogP contribution >= 0.6 is 11.8 Å². The van der Waals surface area contributed by atoms with Gasteiger partial charge in [0.1, 0.15) is 28.2 Å². The van der Waals surface area contributed by atoms with Gasteiger partial charge in [-0.05, 0) is 37.3 Å². The van der Waals surface area contributed by atoms with Crippen LogP contribution in [0.4, 0.5) is 5.82 Å². The highest BCUT2D eigenvalue weighted by Gasteiger charge is 2.43. The van der Waals surface area contributed by atoms with E-state index in [-0.39, 0.29) is 24.2 Å². The molecule has 212 valence electrons. The fourth-order valence-electron chi connectivity index (χ4n) is 4.65. The first-order chi connectivity index (χ1) is 19.1. The first kappa shape index (κ1) is 30.9. The molecule has 0 saturated carbocycles. The maximum absolute atomic E-state index is 12.6. The number of hydrogen-bond acceptors (Lipinski definition) is 10. The van der Waals surface area contributed by atoms with Crippen molar-refractivity contribution in [2.24, 2.45) is 17.4 Å². The van der Waals surface area contributed by atoms with Gasteiger partial charge in [-0.25, -0.2) is 9.78 Å². The molecule has 1 aliphatic rings. The molecule has 1 saturated heterocycles. The maximum atomic E-state index is 12.6. The Morgan fingerprint density at radius 2 is 1.77 bits per heavy atom. The third-order valence-corrected chi connectivity index (χ3v) is 8.23. The number of thioether (sulfide) groups is 1. The second-order valence-corrected chi connectivity index (χ2v) is 10.9. The lowest BCUT2D eigenvalue weighted by atomic mass is 9.98. The van der Waals surface area contributed by atoms with Crippen molar-refractivity contribution in [2.75, 3.05) is 24.6 Å². The lowest BCUT2D eigenvalue weighted by molar-refractivity contribution is -0.189. The van der Waals surface area contributed by atoms with Crippen molar-refractivity contribution in [3.8, 4) is 12.1 Å². The predicted molar refractivity (Wildman–Crippen MR) is 152 cm³/mol. The molecular weight excluding hydrogens is 528 g/mol. The Hall–Kier alpha value is -3.64. The third-order valence-electron chi connectivity index (χ3n) is 6.97. The van der Waals surface area contributed by atoms with Gasteiger partial charge in [0, 0.05) is 19.0 Å². The molecule has 1 aromatic carbocycles. The lowest BCUT2D eigenvalue weighted by Crippen LogP contribution is -2.58. The van der Waals surface area contributed by atoms with Crippen LogP contribution in [0.15, 0.2) is 35.4 Å². The number of carbonyl (C=O) groups is 2. The first-order valence-corrected chi connectivity index (χ1v) is 14.3. The summed E-state index contributed by atoms with van der Waals surface area (Å²) in [7, 11) is 0. The molecule has 40 heavy (non-hydrogen) atoms. The molecule has 3 rings (SSSR count). The number of primary amides is 1. The molecule has 2 atom stereocenters. The summed E-state index contributed by atoms with van der Waals surface area (Å²) in [5.74, 6) is -1.00. The van der Waals surface area contributed by atoms with Gasteiger partial charge in [-0.2, -0.15) is 10.5 Å². The Labute approximate surface area is 239 Å². The van der Waals surface area contributed by atoms with Crippen LogP contribution in [-0.4, -0.2) is 48.4 Å². The molecule has 4 N–H and O–H groups in total. The number of rotatable bonds is 11. The van der Waals surface area contributed by atoms with E-state index >= 15 is 0 Å². The van der Waals surface area contributed by atoms with E-state index in [4.69, 9.17) is 25.9 Å². The summed E-state index contributed by atoms with van der Waals surface area (Å²) in [6.07, 6.45) is 1.21. The number of nitrogens with two attached hydrogens (primary N) is 2. The Bertz CT molecular complexity index is 1300. The summed E-state index contributed by atoms with van der Waals surface area (Å²) in [6, 6.07) is 13.5. The van der Waals surface area contributed by atoms with Gasteiger partial charge >= 0.3 is 5.97 Å². The van der Waals surface area contributed by atoms with Crippen LogP contribution in [0.5, 0.6) is 0 Å². The number of nitrogens with zero attached hydrogens (tertiary/aromatic N) is 4. The van der Waals surface area contributed by atoms with E-state index < -0.39 is 22.9 Å². The molecule has 0 aliphatic carbocycles. The summed E-state index contributed by atoms with van der Waals surface area (Å²) in [4.78, 5) is 31.7. The normalized spacial score (nSPS) is 16.1. The van der Waals surface area contributed by atoms with Gasteiger partial charge in [0.2, 0.25) is 11.6 Å². The number of hydrogen-bond donors (Lipinski definition) is 2. The van der Waals surface area contributed by atoms with E-state index in [1.165, 1.54) is 0 Å². The Balaban J connectivity index is 1.93. The summed E-state index contributed by atoms with van der Waals surface area (Å²) in [5, 5.41) is 19.7. The number of ether oxygens (including phenoxy) is 2. The molecule has 1 amide bonds. The summed E-state index contributed by atoms with van der Waals surface area (Å²) >= 11 is 1.11. The minimum atomic E-state index is -1.56. The molecule has 2 aromatic rings. The third kappa shape index (κ3) is 6.56. The van der Waals surface area contributed by atoms with Crippen LogP contribution in [0, 0.1) is 28.6 Å². The van der Waals surface area contributed by atoms with Gasteiger partial charge in [0.25, 0.3) is 0 Å². The monoisotopic (exact) mass is 564 g/mol. The van der Waals surface area contributed by atoms with E-state index in [9.17, 15) is 20.1 Å².